The van der Waals surface area contributed by atoms with Gasteiger partial charge in [-0.25, -0.2) is 0 Å². The van der Waals surface area contributed by atoms with Crippen LogP contribution in [0, 0.1) is 6.92 Å². The quantitative estimate of drug-likeness (QED) is 0.309. The van der Waals surface area contributed by atoms with Crippen LogP contribution in [-0.4, -0.2) is 31.0 Å². The van der Waals surface area contributed by atoms with Crippen molar-refractivity contribution in [3.05, 3.63) is 86.5 Å². The number of aliphatic hydroxyl groups is 1. The van der Waals surface area contributed by atoms with Gasteiger partial charge in [-0.15, -0.1) is 11.3 Å². The predicted molar refractivity (Wildman–Crippen MR) is 134 cm³/mol. The van der Waals surface area contributed by atoms with E-state index in [1.54, 1.807) is 42.5 Å². The normalized spacial score (nSPS) is 15.8. The Morgan fingerprint density at radius 2 is 1.86 bits per heavy atom. The number of hydrogen-bond donors (Lipinski definition) is 1. The maximum atomic E-state index is 13.7. The van der Waals surface area contributed by atoms with Crippen molar-refractivity contribution in [1.82, 2.24) is 0 Å². The fourth-order valence-electron chi connectivity index (χ4n) is 4.25. The SMILES string of the molecule is COc1ccc(N2C(=O)C(O)=C(C(=O)c3cc4cc(Cl)ccc4o3)C2c2sccc2C)cc1OC. The van der Waals surface area contributed by atoms with E-state index in [4.69, 9.17) is 25.5 Å². The van der Waals surface area contributed by atoms with E-state index in [0.717, 1.165) is 10.4 Å². The first kappa shape index (κ1) is 23.0. The van der Waals surface area contributed by atoms with Crippen molar-refractivity contribution >= 4 is 51.3 Å². The zero-order chi connectivity index (χ0) is 24.9. The molecule has 0 fully saturated rings. The number of ketones is 1. The summed E-state index contributed by atoms with van der Waals surface area (Å²) in [5, 5.41) is 14.0. The number of aliphatic hydroxyl groups excluding tert-OH is 1. The molecule has 0 radical (unpaired) electrons. The van der Waals surface area contributed by atoms with E-state index in [1.807, 2.05) is 18.4 Å². The highest BCUT2D eigenvalue weighted by atomic mass is 35.5. The molecule has 0 saturated heterocycles. The number of rotatable bonds is 6. The average molecular weight is 510 g/mol. The highest BCUT2D eigenvalue weighted by Gasteiger charge is 2.46. The monoisotopic (exact) mass is 509 g/mol. The fourth-order valence-corrected chi connectivity index (χ4v) is 5.46. The highest BCUT2D eigenvalue weighted by molar-refractivity contribution is 7.10. The Kier molecular flexibility index (Phi) is 5.78. The third-order valence-corrected chi connectivity index (χ3v) is 7.26. The van der Waals surface area contributed by atoms with Gasteiger partial charge < -0.3 is 19.0 Å². The van der Waals surface area contributed by atoms with Gasteiger partial charge in [-0.3, -0.25) is 14.5 Å². The number of hydrogen-bond acceptors (Lipinski definition) is 7. The number of ether oxygens (including phenoxy) is 2. The minimum absolute atomic E-state index is 0.00462. The van der Waals surface area contributed by atoms with Crippen LogP contribution < -0.4 is 14.4 Å². The lowest BCUT2D eigenvalue weighted by Crippen LogP contribution is -2.31. The smallest absolute Gasteiger partial charge is 0.294 e. The molecular weight excluding hydrogens is 490 g/mol. The number of nitrogens with zero attached hydrogens (tertiary/aromatic N) is 1. The van der Waals surface area contributed by atoms with Gasteiger partial charge in [0.1, 0.15) is 11.6 Å². The molecule has 178 valence electrons. The van der Waals surface area contributed by atoms with Crippen LogP contribution in [0.15, 0.2) is 69.7 Å². The lowest BCUT2D eigenvalue weighted by atomic mass is 9.98. The Morgan fingerprint density at radius 1 is 1.09 bits per heavy atom. The summed E-state index contributed by atoms with van der Waals surface area (Å²) in [6.45, 7) is 1.89. The molecule has 2 aromatic carbocycles. The molecule has 35 heavy (non-hydrogen) atoms. The van der Waals surface area contributed by atoms with E-state index in [0.29, 0.717) is 33.2 Å². The molecule has 0 spiro atoms. The average Bonchev–Trinajstić information content (AvgIpc) is 3.54. The number of aryl methyl sites for hydroxylation is 1. The third kappa shape index (κ3) is 3.75. The van der Waals surface area contributed by atoms with Crippen LogP contribution in [0.25, 0.3) is 11.0 Å². The molecule has 7 nitrogen and oxygen atoms in total. The molecule has 1 aliphatic heterocycles. The van der Waals surface area contributed by atoms with Crippen molar-refractivity contribution in [2.75, 3.05) is 19.1 Å². The maximum Gasteiger partial charge on any atom is 0.294 e. The summed E-state index contributed by atoms with van der Waals surface area (Å²) in [4.78, 5) is 29.2. The van der Waals surface area contributed by atoms with Crippen LogP contribution >= 0.6 is 22.9 Å². The van der Waals surface area contributed by atoms with Gasteiger partial charge in [-0.05, 0) is 60.3 Å². The van der Waals surface area contributed by atoms with Gasteiger partial charge in [0, 0.05) is 27.0 Å². The second-order valence-electron chi connectivity index (χ2n) is 7.97. The van der Waals surface area contributed by atoms with Crippen molar-refractivity contribution in [2.24, 2.45) is 0 Å². The molecule has 9 heteroatoms. The van der Waals surface area contributed by atoms with E-state index in [9.17, 15) is 14.7 Å². The summed E-state index contributed by atoms with van der Waals surface area (Å²) in [5.41, 5.74) is 1.74. The van der Waals surface area contributed by atoms with Crippen molar-refractivity contribution < 1.29 is 28.6 Å². The molecule has 1 N–H and O–H groups in total. The number of furan rings is 1. The Balaban J connectivity index is 1.65. The molecule has 3 heterocycles. The minimum atomic E-state index is -0.857. The molecule has 0 aliphatic carbocycles. The molecular formula is C26H20ClNO6S. The number of thiophene rings is 1. The van der Waals surface area contributed by atoms with Gasteiger partial charge in [0.15, 0.2) is 23.0 Å². The summed E-state index contributed by atoms with van der Waals surface area (Å²) >= 11 is 7.47. The van der Waals surface area contributed by atoms with Crippen molar-refractivity contribution in [3.8, 4) is 11.5 Å². The zero-order valence-electron chi connectivity index (χ0n) is 19.0. The number of anilines is 1. The van der Waals surface area contributed by atoms with E-state index >= 15 is 0 Å². The van der Waals surface area contributed by atoms with E-state index in [1.165, 1.54) is 30.5 Å². The van der Waals surface area contributed by atoms with Gasteiger partial charge in [0.25, 0.3) is 5.91 Å². The Bertz CT molecular complexity index is 1520. The Morgan fingerprint density at radius 3 is 2.54 bits per heavy atom. The molecule has 0 bridgehead atoms. The number of Topliss-reactive ketones (excluding diaryl/α,β-unsaturated/α-hetero) is 1. The van der Waals surface area contributed by atoms with Gasteiger partial charge in [0.2, 0.25) is 5.78 Å². The second kappa shape index (κ2) is 8.79. The molecule has 0 saturated carbocycles. The maximum absolute atomic E-state index is 13.7. The van der Waals surface area contributed by atoms with Crippen LogP contribution in [0.2, 0.25) is 5.02 Å². The summed E-state index contributed by atoms with van der Waals surface area (Å²) in [6, 6.07) is 12.6. The Labute approximate surface area is 209 Å². The van der Waals surface area contributed by atoms with Gasteiger partial charge in [-0.1, -0.05) is 11.6 Å². The first-order valence-electron chi connectivity index (χ1n) is 10.6. The largest absolute Gasteiger partial charge is 0.503 e. The lowest BCUT2D eigenvalue weighted by Gasteiger charge is -2.27. The molecule has 1 amide bonds. The van der Waals surface area contributed by atoms with Crippen LogP contribution in [0.5, 0.6) is 11.5 Å². The number of carbonyl (C=O) groups excluding carboxylic acids is 2. The zero-order valence-corrected chi connectivity index (χ0v) is 20.6. The summed E-state index contributed by atoms with van der Waals surface area (Å²) in [7, 11) is 3.01. The number of methoxy groups -OCH3 is 2. The van der Waals surface area contributed by atoms with Crippen LogP contribution in [0.3, 0.4) is 0 Å². The third-order valence-electron chi connectivity index (χ3n) is 5.95. The standard InChI is InChI=1S/C26H20ClNO6S/c1-13-8-9-35-25(13)22-21(23(29)20-11-14-10-15(27)4-6-17(14)34-20)24(30)26(31)28(22)16-5-7-18(32-2)19(12-16)33-3/h4-12,22,30H,1-3H3. The predicted octanol–water partition coefficient (Wildman–Crippen LogP) is 6.26. The molecule has 1 aliphatic rings. The van der Waals surface area contributed by atoms with Gasteiger partial charge in [0.05, 0.1) is 19.8 Å². The molecule has 1 unspecified atom stereocenters. The van der Waals surface area contributed by atoms with Crippen molar-refractivity contribution in [2.45, 2.75) is 13.0 Å². The fraction of sp³-hybridized carbons (Fsp3) is 0.154. The first-order chi connectivity index (χ1) is 16.8. The lowest BCUT2D eigenvalue weighted by molar-refractivity contribution is -0.117. The van der Waals surface area contributed by atoms with Gasteiger partial charge >= 0.3 is 0 Å². The highest BCUT2D eigenvalue weighted by Crippen LogP contribution is 2.46. The summed E-state index contributed by atoms with van der Waals surface area (Å²) < 4.78 is 16.5. The van der Waals surface area contributed by atoms with E-state index < -0.39 is 23.5 Å². The number of amides is 1. The van der Waals surface area contributed by atoms with Gasteiger partial charge in [-0.2, -0.15) is 0 Å². The Hall–Kier alpha value is -3.75. The summed E-state index contributed by atoms with van der Waals surface area (Å²) in [5.74, 6) is -0.999. The molecule has 1 atom stereocenters. The van der Waals surface area contributed by atoms with E-state index in [2.05, 4.69) is 0 Å². The van der Waals surface area contributed by atoms with Crippen LogP contribution in [-0.2, 0) is 4.79 Å². The number of benzene rings is 2. The first-order valence-corrected chi connectivity index (χ1v) is 11.9. The van der Waals surface area contributed by atoms with Crippen molar-refractivity contribution in [1.29, 1.82) is 0 Å². The molecule has 4 aromatic rings. The minimum Gasteiger partial charge on any atom is -0.503 e. The number of fused-ring (bicyclic) bond motifs is 1. The van der Waals surface area contributed by atoms with E-state index in [-0.39, 0.29) is 11.3 Å². The number of carbonyl (C=O) groups is 2. The van der Waals surface area contributed by atoms with Crippen molar-refractivity contribution in [3.63, 3.8) is 0 Å². The van der Waals surface area contributed by atoms with Crippen LogP contribution in [0.4, 0.5) is 5.69 Å². The summed E-state index contributed by atoms with van der Waals surface area (Å²) in [6.07, 6.45) is 0. The molecule has 2 aromatic heterocycles. The number of halogens is 1. The second-order valence-corrected chi connectivity index (χ2v) is 9.35. The topological polar surface area (TPSA) is 89.2 Å². The molecule has 5 rings (SSSR count). The van der Waals surface area contributed by atoms with Crippen LogP contribution in [0.1, 0.15) is 27.0 Å².